The van der Waals surface area contributed by atoms with Crippen molar-refractivity contribution in [3.63, 3.8) is 0 Å². The van der Waals surface area contributed by atoms with Crippen molar-refractivity contribution in [1.82, 2.24) is 20.1 Å². The second kappa shape index (κ2) is 10.4. The minimum atomic E-state index is -0.187. The molecule has 2 heterocycles. The molecule has 0 spiro atoms. The van der Waals surface area contributed by atoms with Gasteiger partial charge in [0, 0.05) is 44.8 Å². The summed E-state index contributed by atoms with van der Waals surface area (Å²) >= 11 is 0. The number of nitrogens with zero attached hydrogens (tertiary/aromatic N) is 3. The third kappa shape index (κ3) is 5.96. The summed E-state index contributed by atoms with van der Waals surface area (Å²) in [7, 11) is 1.56. The molecule has 2 N–H and O–H groups in total. The molecule has 1 aromatic heterocycles. The quantitative estimate of drug-likeness (QED) is 0.649. The predicted molar refractivity (Wildman–Crippen MR) is 114 cm³/mol. The summed E-state index contributed by atoms with van der Waals surface area (Å²) in [6.45, 7) is 9.63. The van der Waals surface area contributed by atoms with Gasteiger partial charge in [-0.1, -0.05) is 26.0 Å². The predicted octanol–water partition coefficient (Wildman–Crippen LogP) is 2.48. The number of nitrogens with one attached hydrogen (secondary N) is 1. The number of ether oxygens (including phenoxy) is 1. The lowest BCUT2D eigenvalue weighted by molar-refractivity contribution is 0.0946. The molecule has 1 fully saturated rings. The Labute approximate surface area is 177 Å². The van der Waals surface area contributed by atoms with Gasteiger partial charge in [0.15, 0.2) is 17.2 Å². The van der Waals surface area contributed by atoms with Crippen molar-refractivity contribution in [2.24, 2.45) is 5.92 Å². The molecule has 0 radical (unpaired) electrons. The van der Waals surface area contributed by atoms with Gasteiger partial charge in [0.25, 0.3) is 5.91 Å². The monoisotopic (exact) mass is 416 g/mol. The number of aromatic nitrogens is 1. The molecule has 0 atom stereocenters. The smallest absolute Gasteiger partial charge is 0.273 e. The molecule has 1 aliphatic heterocycles. The normalized spacial score (nSPS) is 15.5. The zero-order chi connectivity index (χ0) is 21.5. The van der Waals surface area contributed by atoms with Crippen molar-refractivity contribution in [3.8, 4) is 11.5 Å². The van der Waals surface area contributed by atoms with Crippen LogP contribution in [-0.4, -0.2) is 65.6 Å². The molecule has 164 valence electrons. The molecule has 8 heteroatoms. The third-order valence-electron chi connectivity index (χ3n) is 5.31. The van der Waals surface area contributed by atoms with Gasteiger partial charge in [0.2, 0.25) is 5.89 Å². The number of hydrogen-bond donors (Lipinski definition) is 2. The summed E-state index contributed by atoms with van der Waals surface area (Å²) in [4.78, 5) is 21.0. The van der Waals surface area contributed by atoms with Gasteiger partial charge in [0.05, 0.1) is 13.7 Å². The number of amides is 1. The first kappa shape index (κ1) is 22.1. The van der Waals surface area contributed by atoms with Gasteiger partial charge in [-0.2, -0.15) is 0 Å². The van der Waals surface area contributed by atoms with Gasteiger partial charge in [0.1, 0.15) is 6.26 Å². The number of methoxy groups -OCH3 is 1. The van der Waals surface area contributed by atoms with Gasteiger partial charge in [-0.25, -0.2) is 4.98 Å². The van der Waals surface area contributed by atoms with Crippen molar-refractivity contribution >= 4 is 5.91 Å². The molecular formula is C22H32N4O4. The Hall–Kier alpha value is -2.58. The molecule has 1 saturated heterocycles. The van der Waals surface area contributed by atoms with E-state index in [4.69, 9.17) is 9.15 Å². The van der Waals surface area contributed by atoms with Gasteiger partial charge in [-0.05, 0) is 18.4 Å². The number of carbonyl (C=O) groups is 1. The molecule has 3 rings (SSSR count). The van der Waals surface area contributed by atoms with E-state index in [-0.39, 0.29) is 11.7 Å². The first-order chi connectivity index (χ1) is 14.5. The number of phenols is 1. The highest BCUT2D eigenvalue weighted by Crippen LogP contribution is 2.30. The van der Waals surface area contributed by atoms with Crippen LogP contribution in [0.1, 0.15) is 42.2 Å². The molecular weight excluding hydrogens is 384 g/mol. The van der Waals surface area contributed by atoms with Crippen LogP contribution in [0.25, 0.3) is 0 Å². The van der Waals surface area contributed by atoms with Gasteiger partial charge < -0.3 is 19.6 Å². The summed E-state index contributed by atoms with van der Waals surface area (Å²) in [5.41, 5.74) is 1.20. The number of carbonyl (C=O) groups excluding carboxylic acids is 1. The average molecular weight is 417 g/mol. The zero-order valence-corrected chi connectivity index (χ0v) is 18.1. The number of aromatic hydroxyl groups is 1. The van der Waals surface area contributed by atoms with Crippen LogP contribution in [0.3, 0.4) is 0 Å². The fourth-order valence-corrected chi connectivity index (χ4v) is 3.45. The summed E-state index contributed by atoms with van der Waals surface area (Å²) in [6, 6.07) is 5.57. The molecule has 8 nitrogen and oxygen atoms in total. The fraction of sp³-hybridized carbons (Fsp3) is 0.545. The Morgan fingerprint density at radius 3 is 2.60 bits per heavy atom. The Morgan fingerprint density at radius 1 is 1.23 bits per heavy atom. The Balaban J connectivity index is 1.45. The molecule has 30 heavy (non-hydrogen) atoms. The molecule has 0 saturated carbocycles. The highest BCUT2D eigenvalue weighted by atomic mass is 16.5. The van der Waals surface area contributed by atoms with E-state index in [1.54, 1.807) is 13.2 Å². The van der Waals surface area contributed by atoms with Crippen LogP contribution in [0.5, 0.6) is 11.5 Å². The first-order valence-electron chi connectivity index (χ1n) is 10.5. The molecule has 1 aromatic carbocycles. The van der Waals surface area contributed by atoms with E-state index in [1.807, 2.05) is 12.1 Å². The highest BCUT2D eigenvalue weighted by Gasteiger charge is 2.21. The number of hydrogen-bond acceptors (Lipinski definition) is 7. The van der Waals surface area contributed by atoms with E-state index >= 15 is 0 Å². The highest BCUT2D eigenvalue weighted by molar-refractivity contribution is 5.91. The third-order valence-corrected chi connectivity index (χ3v) is 5.31. The van der Waals surface area contributed by atoms with Crippen LogP contribution in [-0.2, 0) is 13.1 Å². The number of para-hydroxylation sites is 1. The summed E-state index contributed by atoms with van der Waals surface area (Å²) in [5, 5.41) is 13.2. The van der Waals surface area contributed by atoms with Crippen LogP contribution in [0.15, 0.2) is 28.9 Å². The standard InChI is InChI=1S/C22H32N4O4/c1-16(2)7-8-23-22(28)18-15-30-20(24-18)14-26-11-9-25(10-12-26)13-17-5-4-6-19(29-3)21(17)27/h4-6,15-16,27H,7-14H2,1-3H3,(H,23,28). The average Bonchev–Trinajstić information content (AvgIpc) is 3.19. The van der Waals surface area contributed by atoms with Crippen molar-refractivity contribution in [3.05, 3.63) is 41.6 Å². The molecule has 2 aromatic rings. The Morgan fingerprint density at radius 2 is 1.93 bits per heavy atom. The van der Waals surface area contributed by atoms with Crippen LogP contribution >= 0.6 is 0 Å². The zero-order valence-electron chi connectivity index (χ0n) is 18.1. The van der Waals surface area contributed by atoms with Crippen LogP contribution < -0.4 is 10.1 Å². The maximum Gasteiger partial charge on any atom is 0.273 e. The van der Waals surface area contributed by atoms with Crippen LogP contribution in [0.4, 0.5) is 0 Å². The number of rotatable bonds is 9. The lowest BCUT2D eigenvalue weighted by atomic mass is 10.1. The summed E-state index contributed by atoms with van der Waals surface area (Å²) in [6.07, 6.45) is 2.37. The second-order valence-corrected chi connectivity index (χ2v) is 8.09. The fourth-order valence-electron chi connectivity index (χ4n) is 3.45. The van der Waals surface area contributed by atoms with E-state index < -0.39 is 0 Å². The number of phenolic OH excluding ortho intramolecular Hbond substituents is 1. The number of piperazine rings is 1. The minimum absolute atomic E-state index is 0.187. The molecule has 1 amide bonds. The summed E-state index contributed by atoms with van der Waals surface area (Å²) in [5.74, 6) is 1.63. The molecule has 1 aliphatic rings. The van der Waals surface area contributed by atoms with Crippen LogP contribution in [0.2, 0.25) is 0 Å². The van der Waals surface area contributed by atoms with E-state index in [2.05, 4.69) is 33.9 Å². The molecule has 0 bridgehead atoms. The number of oxazole rings is 1. The topological polar surface area (TPSA) is 91.1 Å². The van der Waals surface area contributed by atoms with E-state index in [9.17, 15) is 9.90 Å². The van der Waals surface area contributed by atoms with Crippen molar-refractivity contribution in [2.75, 3.05) is 39.8 Å². The van der Waals surface area contributed by atoms with Gasteiger partial charge in [-0.15, -0.1) is 0 Å². The van der Waals surface area contributed by atoms with Crippen molar-refractivity contribution < 1.29 is 19.1 Å². The summed E-state index contributed by atoms with van der Waals surface area (Å²) < 4.78 is 10.7. The minimum Gasteiger partial charge on any atom is -0.504 e. The Bertz CT molecular complexity index is 828. The maximum atomic E-state index is 12.1. The lowest BCUT2D eigenvalue weighted by Crippen LogP contribution is -2.45. The number of benzene rings is 1. The van der Waals surface area contributed by atoms with E-state index in [1.165, 1.54) is 6.26 Å². The lowest BCUT2D eigenvalue weighted by Gasteiger charge is -2.34. The van der Waals surface area contributed by atoms with Gasteiger partial charge >= 0.3 is 0 Å². The maximum absolute atomic E-state index is 12.1. The van der Waals surface area contributed by atoms with Crippen molar-refractivity contribution in [1.29, 1.82) is 0 Å². The van der Waals surface area contributed by atoms with E-state index in [0.717, 1.165) is 38.2 Å². The Kier molecular flexibility index (Phi) is 7.70. The van der Waals surface area contributed by atoms with Crippen molar-refractivity contribution in [2.45, 2.75) is 33.4 Å². The molecule has 0 aliphatic carbocycles. The van der Waals surface area contributed by atoms with Crippen LogP contribution in [0, 0.1) is 5.92 Å². The first-order valence-corrected chi connectivity index (χ1v) is 10.5. The second-order valence-electron chi connectivity index (χ2n) is 8.09. The SMILES string of the molecule is COc1cccc(CN2CCN(Cc3nc(C(=O)NCCC(C)C)co3)CC2)c1O. The molecule has 0 unspecified atom stereocenters. The van der Waals surface area contributed by atoms with E-state index in [0.29, 0.717) is 42.9 Å². The largest absolute Gasteiger partial charge is 0.504 e. The van der Waals surface area contributed by atoms with Gasteiger partial charge in [-0.3, -0.25) is 14.6 Å².